The molecule has 0 fully saturated rings. The maximum absolute atomic E-state index is 11.5. The van der Waals surface area contributed by atoms with Crippen LogP contribution in [0.3, 0.4) is 0 Å². The number of carbonyl (C=O) groups is 1. The van der Waals surface area contributed by atoms with Crippen LogP contribution in [-0.4, -0.2) is 13.1 Å². The van der Waals surface area contributed by atoms with E-state index in [9.17, 15) is 4.79 Å². The van der Waals surface area contributed by atoms with Crippen molar-refractivity contribution in [2.75, 3.05) is 7.11 Å². The summed E-state index contributed by atoms with van der Waals surface area (Å²) >= 11 is 0. The summed E-state index contributed by atoms with van der Waals surface area (Å²) in [6.07, 6.45) is 4.06. The molecule has 0 heterocycles. The van der Waals surface area contributed by atoms with Crippen LogP contribution in [-0.2, 0) is 9.53 Å². The first kappa shape index (κ1) is 13.7. The topological polar surface area (TPSA) is 26.3 Å². The zero-order chi connectivity index (χ0) is 12.1. The van der Waals surface area contributed by atoms with Crippen molar-refractivity contribution in [2.24, 2.45) is 5.41 Å². The van der Waals surface area contributed by atoms with Crippen molar-refractivity contribution >= 4 is 5.97 Å². The van der Waals surface area contributed by atoms with Gasteiger partial charge in [-0.25, -0.2) is 4.79 Å². The number of ether oxygens (including phenoxy) is 1. The zero-order valence-electron chi connectivity index (χ0n) is 10.1. The van der Waals surface area contributed by atoms with E-state index in [-0.39, 0.29) is 11.4 Å². The highest BCUT2D eigenvalue weighted by atomic mass is 16.5. The highest BCUT2D eigenvalue weighted by molar-refractivity contribution is 5.89. The van der Waals surface area contributed by atoms with Crippen molar-refractivity contribution in [1.29, 1.82) is 0 Å². The molecule has 0 N–H and O–H groups in total. The van der Waals surface area contributed by atoms with Crippen LogP contribution in [0.5, 0.6) is 0 Å². The van der Waals surface area contributed by atoms with E-state index in [2.05, 4.69) is 13.2 Å². The quantitative estimate of drug-likeness (QED) is 0.402. The molecular formula is C13H20O2. The smallest absolute Gasteiger partial charge is 0.333 e. The third kappa shape index (κ3) is 5.89. The molecule has 0 aromatic rings. The molecule has 0 saturated carbocycles. The number of hydrogen-bond acceptors (Lipinski definition) is 2. The second-order valence-electron chi connectivity index (χ2n) is 4.57. The SMILES string of the molecule is C=CC(=C)C/C(=C/C(C)(C)C)C(=O)OC. The predicted octanol–water partition coefficient (Wildman–Crippen LogP) is 3.26. The molecular weight excluding hydrogens is 188 g/mol. The van der Waals surface area contributed by atoms with E-state index in [1.807, 2.05) is 26.8 Å². The van der Waals surface area contributed by atoms with Gasteiger partial charge >= 0.3 is 5.97 Å². The summed E-state index contributed by atoms with van der Waals surface area (Å²) in [7, 11) is 1.38. The number of methoxy groups -OCH3 is 1. The lowest BCUT2D eigenvalue weighted by molar-refractivity contribution is -0.136. The first-order chi connectivity index (χ1) is 6.80. The van der Waals surface area contributed by atoms with E-state index < -0.39 is 0 Å². The summed E-state index contributed by atoms with van der Waals surface area (Å²) in [5.74, 6) is -0.298. The monoisotopic (exact) mass is 208 g/mol. The van der Waals surface area contributed by atoms with E-state index in [0.717, 1.165) is 5.57 Å². The van der Waals surface area contributed by atoms with Crippen LogP contribution in [0.1, 0.15) is 27.2 Å². The Morgan fingerprint density at radius 3 is 2.27 bits per heavy atom. The fraction of sp³-hybridized carbons (Fsp3) is 0.462. The van der Waals surface area contributed by atoms with Crippen LogP contribution in [0.2, 0.25) is 0 Å². The Labute approximate surface area is 92.3 Å². The Morgan fingerprint density at radius 2 is 1.93 bits per heavy atom. The van der Waals surface area contributed by atoms with Crippen molar-refractivity contribution in [1.82, 2.24) is 0 Å². The molecule has 0 aliphatic heterocycles. The molecule has 0 bridgehead atoms. The summed E-state index contributed by atoms with van der Waals surface area (Å²) in [5, 5.41) is 0. The molecule has 0 radical (unpaired) electrons. The van der Waals surface area contributed by atoms with Gasteiger partial charge in [-0.1, -0.05) is 51.7 Å². The molecule has 84 valence electrons. The average molecular weight is 208 g/mol. The van der Waals surface area contributed by atoms with Gasteiger partial charge in [0, 0.05) is 12.0 Å². The number of esters is 1. The second-order valence-corrected chi connectivity index (χ2v) is 4.57. The predicted molar refractivity (Wildman–Crippen MR) is 63.5 cm³/mol. The molecule has 0 aromatic heterocycles. The summed E-state index contributed by atoms with van der Waals surface area (Å²) in [6, 6.07) is 0. The van der Waals surface area contributed by atoms with Gasteiger partial charge in [0.2, 0.25) is 0 Å². The van der Waals surface area contributed by atoms with Crippen LogP contribution >= 0.6 is 0 Å². The third-order valence-corrected chi connectivity index (χ3v) is 1.76. The highest BCUT2D eigenvalue weighted by Crippen LogP contribution is 2.22. The summed E-state index contributed by atoms with van der Waals surface area (Å²) in [6.45, 7) is 13.5. The number of hydrogen-bond donors (Lipinski definition) is 0. The van der Waals surface area contributed by atoms with E-state index in [1.54, 1.807) is 6.08 Å². The third-order valence-electron chi connectivity index (χ3n) is 1.76. The van der Waals surface area contributed by atoms with Crippen LogP contribution in [0.4, 0.5) is 0 Å². The minimum absolute atomic E-state index is 0.0506. The number of allylic oxidation sites excluding steroid dienone is 3. The van der Waals surface area contributed by atoms with Gasteiger partial charge in [-0.05, 0) is 5.41 Å². The lowest BCUT2D eigenvalue weighted by atomic mass is 9.91. The molecule has 0 unspecified atom stereocenters. The zero-order valence-corrected chi connectivity index (χ0v) is 10.1. The van der Waals surface area contributed by atoms with Gasteiger partial charge < -0.3 is 4.74 Å². The van der Waals surface area contributed by atoms with Crippen molar-refractivity contribution < 1.29 is 9.53 Å². The van der Waals surface area contributed by atoms with Gasteiger partial charge in [0.1, 0.15) is 0 Å². The largest absolute Gasteiger partial charge is 0.466 e. The highest BCUT2D eigenvalue weighted by Gasteiger charge is 2.15. The maximum atomic E-state index is 11.5. The summed E-state index contributed by atoms with van der Waals surface area (Å²) in [5.41, 5.74) is 1.40. The Morgan fingerprint density at radius 1 is 1.40 bits per heavy atom. The number of rotatable bonds is 4. The van der Waals surface area contributed by atoms with E-state index in [1.165, 1.54) is 7.11 Å². The summed E-state index contributed by atoms with van der Waals surface area (Å²) in [4.78, 5) is 11.5. The summed E-state index contributed by atoms with van der Waals surface area (Å²) < 4.78 is 4.72. The first-order valence-electron chi connectivity index (χ1n) is 4.90. The normalized spacial score (nSPS) is 12.1. The average Bonchev–Trinajstić information content (AvgIpc) is 2.13. The fourth-order valence-corrected chi connectivity index (χ4v) is 1.15. The first-order valence-corrected chi connectivity index (χ1v) is 4.90. The van der Waals surface area contributed by atoms with Crippen LogP contribution in [0, 0.1) is 5.41 Å². The molecule has 0 amide bonds. The Balaban J connectivity index is 4.90. The molecule has 15 heavy (non-hydrogen) atoms. The van der Waals surface area contributed by atoms with Crippen molar-refractivity contribution in [3.63, 3.8) is 0 Å². The lowest BCUT2D eigenvalue weighted by Crippen LogP contribution is -2.10. The van der Waals surface area contributed by atoms with Gasteiger partial charge in [-0.2, -0.15) is 0 Å². The van der Waals surface area contributed by atoms with E-state index in [0.29, 0.717) is 12.0 Å². The van der Waals surface area contributed by atoms with Crippen LogP contribution in [0.15, 0.2) is 36.5 Å². The minimum atomic E-state index is -0.298. The molecule has 0 saturated heterocycles. The minimum Gasteiger partial charge on any atom is -0.466 e. The second kappa shape index (κ2) is 5.54. The van der Waals surface area contributed by atoms with Crippen molar-refractivity contribution in [2.45, 2.75) is 27.2 Å². The van der Waals surface area contributed by atoms with Gasteiger partial charge in [0.15, 0.2) is 0 Å². The number of carbonyl (C=O) groups excluding carboxylic acids is 1. The van der Waals surface area contributed by atoms with Gasteiger partial charge in [0.05, 0.1) is 7.11 Å². The van der Waals surface area contributed by atoms with Crippen molar-refractivity contribution in [3.05, 3.63) is 36.5 Å². The lowest BCUT2D eigenvalue weighted by Gasteiger charge is -2.15. The van der Waals surface area contributed by atoms with Gasteiger partial charge in [-0.15, -0.1) is 0 Å². The maximum Gasteiger partial charge on any atom is 0.333 e. The Bertz CT molecular complexity index is 290. The molecule has 0 aliphatic carbocycles. The molecule has 0 spiro atoms. The van der Waals surface area contributed by atoms with Gasteiger partial charge in [0.25, 0.3) is 0 Å². The van der Waals surface area contributed by atoms with Crippen LogP contribution < -0.4 is 0 Å². The van der Waals surface area contributed by atoms with Crippen LogP contribution in [0.25, 0.3) is 0 Å². The van der Waals surface area contributed by atoms with Gasteiger partial charge in [-0.3, -0.25) is 0 Å². The molecule has 0 aromatic carbocycles. The molecule has 2 nitrogen and oxygen atoms in total. The van der Waals surface area contributed by atoms with E-state index in [4.69, 9.17) is 4.74 Å². The Hall–Kier alpha value is -1.31. The molecule has 0 rings (SSSR count). The fourth-order valence-electron chi connectivity index (χ4n) is 1.15. The Kier molecular flexibility index (Phi) is 5.06. The van der Waals surface area contributed by atoms with E-state index >= 15 is 0 Å². The molecule has 0 atom stereocenters. The standard InChI is InChI=1S/C13H20O2/c1-7-10(2)8-11(12(14)15-6)9-13(3,4)5/h7,9H,1-2,8H2,3-6H3/b11-9-. The molecule has 0 aliphatic rings. The van der Waals surface area contributed by atoms with Crippen molar-refractivity contribution in [3.8, 4) is 0 Å². The molecule has 2 heteroatoms.